The van der Waals surface area contributed by atoms with Crippen molar-refractivity contribution in [2.75, 3.05) is 41.0 Å². The number of ether oxygens (including phenoxy) is 3. The first-order valence-electron chi connectivity index (χ1n) is 6.47. The third kappa shape index (κ3) is 5.03. The molecule has 0 aromatic carbocycles. The Morgan fingerprint density at radius 2 is 2.00 bits per heavy atom. The fourth-order valence-electron chi connectivity index (χ4n) is 1.73. The van der Waals surface area contributed by atoms with Gasteiger partial charge in [0.2, 0.25) is 0 Å². The molecule has 1 rings (SSSR count). The lowest BCUT2D eigenvalue weighted by Crippen LogP contribution is -2.36. The highest BCUT2D eigenvalue weighted by Crippen LogP contribution is 2.18. The maximum Gasteiger partial charge on any atom is 0.307 e. The Balaban J connectivity index is 2.85. The summed E-state index contributed by atoms with van der Waals surface area (Å²) >= 11 is 0. The van der Waals surface area contributed by atoms with Gasteiger partial charge in [0.25, 0.3) is 5.91 Å². The van der Waals surface area contributed by atoms with Crippen molar-refractivity contribution in [3.63, 3.8) is 0 Å². The number of amides is 1. The molecule has 0 aliphatic rings. The molecule has 0 fully saturated rings. The monoisotopic (exact) mass is 296 g/mol. The summed E-state index contributed by atoms with van der Waals surface area (Å²) in [7, 11) is 4.34. The number of hydrogen-bond donors (Lipinski definition) is 0. The van der Waals surface area contributed by atoms with Gasteiger partial charge < -0.3 is 19.1 Å². The van der Waals surface area contributed by atoms with Gasteiger partial charge >= 0.3 is 5.97 Å². The van der Waals surface area contributed by atoms with Crippen LogP contribution in [0.5, 0.6) is 5.75 Å². The van der Waals surface area contributed by atoms with E-state index in [1.165, 1.54) is 31.5 Å². The molecule has 21 heavy (non-hydrogen) atoms. The molecule has 116 valence electrons. The topological polar surface area (TPSA) is 78.0 Å². The lowest BCUT2D eigenvalue weighted by Gasteiger charge is -2.22. The van der Waals surface area contributed by atoms with Gasteiger partial charge in [-0.15, -0.1) is 0 Å². The highest BCUT2D eigenvalue weighted by Gasteiger charge is 2.20. The molecule has 7 nitrogen and oxygen atoms in total. The summed E-state index contributed by atoms with van der Waals surface area (Å²) in [6.45, 7) is 0.998. The van der Waals surface area contributed by atoms with Crippen LogP contribution in [0.3, 0.4) is 0 Å². The quantitative estimate of drug-likeness (QED) is 0.659. The molecule has 1 aromatic rings. The molecule has 0 radical (unpaired) electrons. The summed E-state index contributed by atoms with van der Waals surface area (Å²) < 4.78 is 14.7. The highest BCUT2D eigenvalue weighted by molar-refractivity contribution is 5.96. The van der Waals surface area contributed by atoms with E-state index in [9.17, 15) is 9.59 Å². The second-order valence-corrected chi connectivity index (χ2v) is 4.19. The lowest BCUT2D eigenvalue weighted by atomic mass is 10.2. The molecule has 0 saturated heterocycles. The largest absolute Gasteiger partial charge is 0.494 e. The van der Waals surface area contributed by atoms with Crippen LogP contribution in [-0.2, 0) is 14.3 Å². The molecule has 0 spiro atoms. The van der Waals surface area contributed by atoms with Gasteiger partial charge in [0.15, 0.2) is 0 Å². The van der Waals surface area contributed by atoms with Gasteiger partial charge in [0.1, 0.15) is 5.75 Å². The van der Waals surface area contributed by atoms with Crippen molar-refractivity contribution in [2.24, 2.45) is 0 Å². The van der Waals surface area contributed by atoms with E-state index in [0.717, 1.165) is 0 Å². The molecule has 7 heteroatoms. The van der Waals surface area contributed by atoms with E-state index in [4.69, 9.17) is 9.47 Å². The van der Waals surface area contributed by atoms with Gasteiger partial charge in [-0.3, -0.25) is 14.6 Å². The SMILES string of the molecule is COCCN(CCC(=O)OC)C(=O)c1ccncc1OC. The molecule has 0 bridgehead atoms. The smallest absolute Gasteiger partial charge is 0.307 e. The molecule has 0 unspecified atom stereocenters. The molecule has 0 aliphatic carbocycles. The van der Waals surface area contributed by atoms with Crippen molar-refractivity contribution in [3.8, 4) is 5.75 Å². The second kappa shape index (κ2) is 8.91. The van der Waals surface area contributed by atoms with Crippen molar-refractivity contribution in [3.05, 3.63) is 24.0 Å². The van der Waals surface area contributed by atoms with Gasteiger partial charge in [-0.1, -0.05) is 0 Å². The number of methoxy groups -OCH3 is 3. The molecule has 0 N–H and O–H groups in total. The van der Waals surface area contributed by atoms with Crippen LogP contribution in [0.25, 0.3) is 0 Å². The van der Waals surface area contributed by atoms with Crippen molar-refractivity contribution >= 4 is 11.9 Å². The summed E-state index contributed by atoms with van der Waals surface area (Å²) in [4.78, 5) is 29.2. The van der Waals surface area contributed by atoms with Crippen LogP contribution in [0.15, 0.2) is 18.5 Å². The molecule has 1 amide bonds. The normalized spacial score (nSPS) is 10.0. The molecule has 1 aromatic heterocycles. The number of hydrogen-bond acceptors (Lipinski definition) is 6. The van der Waals surface area contributed by atoms with Gasteiger partial charge in [0.05, 0.1) is 39.0 Å². The van der Waals surface area contributed by atoms with Crippen LogP contribution in [0, 0.1) is 0 Å². The first kappa shape index (κ1) is 16.9. The third-order valence-electron chi connectivity index (χ3n) is 2.90. The second-order valence-electron chi connectivity index (χ2n) is 4.19. The molecule has 0 atom stereocenters. The summed E-state index contributed by atoms with van der Waals surface area (Å²) in [6, 6.07) is 1.58. The number of carbonyl (C=O) groups is 2. The molecular formula is C14H20N2O5. The van der Waals surface area contributed by atoms with Crippen LogP contribution in [-0.4, -0.2) is 62.8 Å². The first-order valence-corrected chi connectivity index (χ1v) is 6.47. The van der Waals surface area contributed by atoms with E-state index in [1.807, 2.05) is 0 Å². The van der Waals surface area contributed by atoms with Crippen LogP contribution in [0.2, 0.25) is 0 Å². The van der Waals surface area contributed by atoms with Gasteiger partial charge in [-0.05, 0) is 6.07 Å². The van der Waals surface area contributed by atoms with E-state index >= 15 is 0 Å². The Hall–Kier alpha value is -2.15. The number of nitrogens with zero attached hydrogens (tertiary/aromatic N) is 2. The van der Waals surface area contributed by atoms with Crippen LogP contribution in [0.1, 0.15) is 16.8 Å². The van der Waals surface area contributed by atoms with Crippen LogP contribution < -0.4 is 4.74 Å². The van der Waals surface area contributed by atoms with Gasteiger partial charge in [0, 0.05) is 26.4 Å². The minimum atomic E-state index is -0.369. The summed E-state index contributed by atoms with van der Waals surface area (Å²) in [6.07, 6.45) is 3.12. The zero-order valence-electron chi connectivity index (χ0n) is 12.5. The Morgan fingerprint density at radius 3 is 2.62 bits per heavy atom. The average Bonchev–Trinajstić information content (AvgIpc) is 2.53. The number of pyridine rings is 1. The number of carbonyl (C=O) groups excluding carboxylic acids is 2. The first-order chi connectivity index (χ1) is 10.1. The fourth-order valence-corrected chi connectivity index (χ4v) is 1.73. The Morgan fingerprint density at radius 1 is 1.24 bits per heavy atom. The molecule has 0 aliphatic heterocycles. The van der Waals surface area contributed by atoms with E-state index in [0.29, 0.717) is 24.5 Å². The summed E-state index contributed by atoms with van der Waals surface area (Å²) in [5.74, 6) is -0.218. The van der Waals surface area contributed by atoms with E-state index in [-0.39, 0.29) is 24.8 Å². The number of aromatic nitrogens is 1. The third-order valence-corrected chi connectivity index (χ3v) is 2.90. The number of esters is 1. The van der Waals surface area contributed by atoms with E-state index in [1.54, 1.807) is 13.2 Å². The Kier molecular flexibility index (Phi) is 7.17. The summed E-state index contributed by atoms with van der Waals surface area (Å²) in [5, 5.41) is 0. The summed E-state index contributed by atoms with van der Waals surface area (Å²) in [5.41, 5.74) is 0.397. The van der Waals surface area contributed by atoms with Crippen molar-refractivity contribution in [2.45, 2.75) is 6.42 Å². The van der Waals surface area contributed by atoms with E-state index in [2.05, 4.69) is 9.72 Å². The van der Waals surface area contributed by atoms with Crippen molar-refractivity contribution in [1.82, 2.24) is 9.88 Å². The molecule has 0 saturated carbocycles. The average molecular weight is 296 g/mol. The fraction of sp³-hybridized carbons (Fsp3) is 0.500. The highest BCUT2D eigenvalue weighted by atomic mass is 16.5. The number of rotatable bonds is 8. The maximum atomic E-state index is 12.5. The molecular weight excluding hydrogens is 276 g/mol. The zero-order valence-corrected chi connectivity index (χ0v) is 12.5. The van der Waals surface area contributed by atoms with Crippen molar-refractivity contribution < 1.29 is 23.8 Å². The standard InChI is InChI=1S/C14H20N2O5/c1-19-9-8-16(7-5-13(17)21-3)14(18)11-4-6-15-10-12(11)20-2/h4,6,10H,5,7-9H2,1-3H3. The van der Waals surface area contributed by atoms with Crippen LogP contribution in [0.4, 0.5) is 0 Å². The Labute approximate surface area is 123 Å². The minimum absolute atomic E-state index is 0.124. The van der Waals surface area contributed by atoms with Gasteiger partial charge in [-0.2, -0.15) is 0 Å². The molecule has 1 heterocycles. The predicted molar refractivity (Wildman–Crippen MR) is 75.2 cm³/mol. The maximum absolute atomic E-state index is 12.5. The lowest BCUT2D eigenvalue weighted by molar-refractivity contribution is -0.140. The predicted octanol–water partition coefficient (Wildman–Crippen LogP) is 0.742. The van der Waals surface area contributed by atoms with Crippen LogP contribution >= 0.6 is 0 Å². The zero-order chi connectivity index (χ0) is 15.7. The van der Waals surface area contributed by atoms with Crippen molar-refractivity contribution in [1.29, 1.82) is 0 Å². The minimum Gasteiger partial charge on any atom is -0.494 e. The van der Waals surface area contributed by atoms with E-state index < -0.39 is 0 Å². The Bertz CT molecular complexity index is 478. The van der Waals surface area contributed by atoms with Gasteiger partial charge in [-0.25, -0.2) is 0 Å².